The van der Waals surface area contributed by atoms with E-state index < -0.39 is 36.6 Å². The zero-order valence-corrected chi connectivity index (χ0v) is 25.5. The summed E-state index contributed by atoms with van der Waals surface area (Å²) in [6, 6.07) is 27.8. The van der Waals surface area contributed by atoms with Gasteiger partial charge in [-0.2, -0.15) is 0 Å². The minimum atomic E-state index is -0.582. The lowest BCUT2D eigenvalue weighted by Gasteiger charge is -2.49. The van der Waals surface area contributed by atoms with Gasteiger partial charge in [-0.1, -0.05) is 91.0 Å². The average molecular weight is 601 g/mol. The lowest BCUT2D eigenvalue weighted by atomic mass is 9.83. The molecule has 1 aliphatic carbocycles. The Bertz CT molecular complexity index is 1250. The minimum absolute atomic E-state index is 0.288. The van der Waals surface area contributed by atoms with E-state index in [1.807, 2.05) is 84.9 Å². The van der Waals surface area contributed by atoms with Gasteiger partial charge < -0.3 is 33.2 Å². The van der Waals surface area contributed by atoms with Crippen molar-refractivity contribution in [1.29, 1.82) is 0 Å². The monoisotopic (exact) mass is 600 g/mol. The molecule has 1 fully saturated rings. The van der Waals surface area contributed by atoms with Crippen LogP contribution in [0.15, 0.2) is 123 Å². The summed E-state index contributed by atoms with van der Waals surface area (Å²) in [4.78, 5) is 0. The Kier molecular flexibility index (Phi) is 13.9. The third-order valence-corrected chi connectivity index (χ3v) is 7.33. The minimum Gasteiger partial charge on any atom is -0.497 e. The molecule has 7 heteroatoms. The van der Waals surface area contributed by atoms with Gasteiger partial charge >= 0.3 is 0 Å². The highest BCUT2D eigenvalue weighted by molar-refractivity contribution is 5.26. The van der Waals surface area contributed by atoms with Crippen LogP contribution in [0.3, 0.4) is 0 Å². The summed E-state index contributed by atoms with van der Waals surface area (Å²) in [5, 5.41) is 0. The molecule has 1 aliphatic rings. The van der Waals surface area contributed by atoms with Gasteiger partial charge in [0, 0.05) is 0 Å². The fourth-order valence-corrected chi connectivity index (χ4v) is 5.24. The lowest BCUT2D eigenvalue weighted by molar-refractivity contribution is -0.283. The Hall–Kier alpha value is -3.56. The van der Waals surface area contributed by atoms with E-state index >= 15 is 0 Å². The molecule has 7 nitrogen and oxygen atoms in total. The largest absolute Gasteiger partial charge is 0.497 e. The molecule has 0 aromatic heterocycles. The van der Waals surface area contributed by atoms with E-state index in [2.05, 4.69) is 19.7 Å². The zero-order valence-electron chi connectivity index (χ0n) is 25.5. The maximum Gasteiger partial charge on any atom is 0.118 e. The molecule has 0 bridgehead atoms. The number of rotatable bonds is 19. The second-order valence-electron chi connectivity index (χ2n) is 10.4. The number of hydrogen-bond donors (Lipinski definition) is 0. The topological polar surface area (TPSA) is 64.6 Å². The van der Waals surface area contributed by atoms with Crippen molar-refractivity contribution in [2.24, 2.45) is 0 Å². The first-order valence-electron chi connectivity index (χ1n) is 14.9. The van der Waals surface area contributed by atoms with Gasteiger partial charge in [0.05, 0.1) is 46.8 Å². The summed E-state index contributed by atoms with van der Waals surface area (Å²) in [5.74, 6) is 0.775. The van der Waals surface area contributed by atoms with E-state index in [-0.39, 0.29) is 6.61 Å². The van der Waals surface area contributed by atoms with Crippen LogP contribution < -0.4 is 4.74 Å². The number of methoxy groups -OCH3 is 1. The van der Waals surface area contributed by atoms with Crippen LogP contribution in [0.1, 0.15) is 16.7 Å². The van der Waals surface area contributed by atoms with Crippen molar-refractivity contribution >= 4 is 0 Å². The van der Waals surface area contributed by atoms with Gasteiger partial charge in [0.15, 0.2) is 0 Å². The summed E-state index contributed by atoms with van der Waals surface area (Å²) in [7, 11) is 1.65. The van der Waals surface area contributed by atoms with Crippen LogP contribution in [0.25, 0.3) is 0 Å². The molecule has 3 aromatic rings. The molecular formula is C37H44O7. The Morgan fingerprint density at radius 1 is 0.455 bits per heavy atom. The quantitative estimate of drug-likeness (QED) is 0.146. The number of hydrogen-bond acceptors (Lipinski definition) is 7. The molecule has 234 valence electrons. The molecule has 0 radical (unpaired) electrons. The third kappa shape index (κ3) is 9.47. The molecule has 0 aliphatic heterocycles. The standard InChI is InChI=1S/C37H44O7/c1-5-22-39-32-33(40-23-6-2)36(44-27-30-18-20-31(38-4)21-19-30)37(43-26-29-16-12-9-13-17-29)34(41-24-7-3)35(32)42-25-28-14-10-8-11-15-28/h5-21,32-37H,1-3,22-27H2,4H3/t32-,33-,34-,35+,36+,37-/m1/s1. The summed E-state index contributed by atoms with van der Waals surface area (Å²) in [6.45, 7) is 13.5. The molecule has 1 saturated carbocycles. The first-order valence-corrected chi connectivity index (χ1v) is 14.9. The van der Waals surface area contributed by atoms with E-state index in [1.165, 1.54) is 0 Å². The van der Waals surface area contributed by atoms with Crippen molar-refractivity contribution in [3.63, 3.8) is 0 Å². The highest BCUT2D eigenvalue weighted by Crippen LogP contribution is 2.35. The molecule has 0 unspecified atom stereocenters. The van der Waals surface area contributed by atoms with Crippen LogP contribution >= 0.6 is 0 Å². The van der Waals surface area contributed by atoms with Crippen molar-refractivity contribution in [2.75, 3.05) is 26.9 Å². The van der Waals surface area contributed by atoms with Crippen LogP contribution in [-0.4, -0.2) is 63.6 Å². The third-order valence-electron chi connectivity index (χ3n) is 7.33. The molecule has 3 aromatic carbocycles. The molecule has 0 amide bonds. The molecule has 0 spiro atoms. The Morgan fingerprint density at radius 3 is 1.09 bits per heavy atom. The lowest BCUT2D eigenvalue weighted by Crippen LogP contribution is -2.67. The van der Waals surface area contributed by atoms with Gasteiger partial charge in [-0.15, -0.1) is 19.7 Å². The fourth-order valence-electron chi connectivity index (χ4n) is 5.24. The van der Waals surface area contributed by atoms with Crippen molar-refractivity contribution in [1.82, 2.24) is 0 Å². The van der Waals surface area contributed by atoms with Crippen molar-refractivity contribution in [3.05, 3.63) is 140 Å². The van der Waals surface area contributed by atoms with E-state index in [9.17, 15) is 0 Å². The second kappa shape index (κ2) is 18.3. The van der Waals surface area contributed by atoms with E-state index in [1.54, 1.807) is 25.3 Å². The van der Waals surface area contributed by atoms with Crippen molar-refractivity contribution < 1.29 is 33.2 Å². The number of ether oxygens (including phenoxy) is 7. The normalized spacial score (nSPS) is 23.1. The van der Waals surface area contributed by atoms with Gasteiger partial charge in [0.25, 0.3) is 0 Å². The number of benzene rings is 3. The molecule has 0 N–H and O–H groups in total. The first-order chi connectivity index (χ1) is 21.7. The summed E-state index contributed by atoms with van der Waals surface area (Å²) < 4.78 is 44.7. The van der Waals surface area contributed by atoms with Gasteiger partial charge in [0.2, 0.25) is 0 Å². The van der Waals surface area contributed by atoms with Crippen LogP contribution in [0.4, 0.5) is 0 Å². The molecule has 0 saturated heterocycles. The summed E-state index contributed by atoms with van der Waals surface area (Å²) >= 11 is 0. The highest BCUT2D eigenvalue weighted by atomic mass is 16.6. The smallest absolute Gasteiger partial charge is 0.118 e. The predicted octanol–water partition coefficient (Wildman–Crippen LogP) is 6.48. The van der Waals surface area contributed by atoms with Gasteiger partial charge in [-0.05, 0) is 28.8 Å². The summed E-state index contributed by atoms with van der Waals surface area (Å²) in [6.07, 6.45) is 1.71. The molecule has 6 atom stereocenters. The molecule has 44 heavy (non-hydrogen) atoms. The maximum absolute atomic E-state index is 6.70. The molecular weight excluding hydrogens is 556 g/mol. The SMILES string of the molecule is C=CCO[C@@H]1[C@@H](OCC=C)[C@H](OCc2ccc(OC)cc2)[C@H](OCc2ccccc2)[C@H](OCC=C)[C@H]1OCc1ccccc1. The second-order valence-corrected chi connectivity index (χ2v) is 10.4. The Labute approximate surface area is 261 Å². The van der Waals surface area contributed by atoms with Crippen LogP contribution in [-0.2, 0) is 48.2 Å². The van der Waals surface area contributed by atoms with Crippen LogP contribution in [0, 0.1) is 0 Å². The maximum atomic E-state index is 6.70. The van der Waals surface area contributed by atoms with Gasteiger partial charge in [-0.3, -0.25) is 0 Å². The van der Waals surface area contributed by atoms with E-state index in [0.717, 1.165) is 22.4 Å². The van der Waals surface area contributed by atoms with E-state index in [0.29, 0.717) is 33.0 Å². The van der Waals surface area contributed by atoms with Crippen LogP contribution in [0.2, 0.25) is 0 Å². The predicted molar refractivity (Wildman–Crippen MR) is 171 cm³/mol. The first kappa shape index (κ1) is 33.3. The van der Waals surface area contributed by atoms with Crippen molar-refractivity contribution in [2.45, 2.75) is 56.4 Å². The van der Waals surface area contributed by atoms with Crippen molar-refractivity contribution in [3.8, 4) is 5.75 Å². The van der Waals surface area contributed by atoms with Crippen LogP contribution in [0.5, 0.6) is 5.75 Å². The van der Waals surface area contributed by atoms with E-state index in [4.69, 9.17) is 33.2 Å². The summed E-state index contributed by atoms with van der Waals surface area (Å²) in [5.41, 5.74) is 3.03. The molecule has 4 rings (SSSR count). The highest BCUT2D eigenvalue weighted by Gasteiger charge is 2.54. The zero-order chi connectivity index (χ0) is 31.0. The average Bonchev–Trinajstić information content (AvgIpc) is 3.07. The Morgan fingerprint density at radius 2 is 0.773 bits per heavy atom. The molecule has 0 heterocycles. The Balaban J connectivity index is 1.72. The van der Waals surface area contributed by atoms with Gasteiger partial charge in [-0.25, -0.2) is 0 Å². The fraction of sp³-hybridized carbons (Fsp3) is 0.351. The van der Waals surface area contributed by atoms with Gasteiger partial charge in [0.1, 0.15) is 42.4 Å².